The Morgan fingerprint density at radius 3 is 2.96 bits per heavy atom. The second kappa shape index (κ2) is 8.00. The van der Waals surface area contributed by atoms with E-state index in [1.54, 1.807) is 16.2 Å². The first kappa shape index (κ1) is 16.6. The van der Waals surface area contributed by atoms with Gasteiger partial charge < -0.3 is 15.0 Å². The lowest BCUT2D eigenvalue weighted by molar-refractivity contribution is 0.0868. The molecule has 3 rings (SSSR count). The molecule has 1 aromatic heterocycles. The molecule has 2 heterocycles. The van der Waals surface area contributed by atoms with E-state index in [-0.39, 0.29) is 18.7 Å². The highest BCUT2D eigenvalue weighted by molar-refractivity contribution is 7.13. The number of nitrogens with one attached hydrogen (secondary N) is 1. The lowest BCUT2D eigenvalue weighted by Gasteiger charge is -2.24. The maximum Gasteiger partial charge on any atom is 0.322 e. The number of nitrogens with zero attached hydrogens (tertiary/aromatic N) is 1. The fourth-order valence-electron chi connectivity index (χ4n) is 2.80. The van der Waals surface area contributed by atoms with Crippen molar-refractivity contribution in [1.29, 1.82) is 0 Å². The molecule has 0 unspecified atom stereocenters. The first-order chi connectivity index (χ1) is 11.8. The van der Waals surface area contributed by atoms with Crippen molar-refractivity contribution in [1.82, 2.24) is 4.90 Å². The molecule has 124 valence electrons. The van der Waals surface area contributed by atoms with Crippen molar-refractivity contribution in [3.05, 3.63) is 41.8 Å². The van der Waals surface area contributed by atoms with Gasteiger partial charge in [0.2, 0.25) is 0 Å². The van der Waals surface area contributed by atoms with E-state index in [0.29, 0.717) is 6.54 Å². The Kier molecular flexibility index (Phi) is 5.52. The first-order valence-electron chi connectivity index (χ1n) is 8.02. The number of rotatable bonds is 5. The summed E-state index contributed by atoms with van der Waals surface area (Å²) in [5.41, 5.74) is 1.80. The number of para-hydroxylation sites is 1. The van der Waals surface area contributed by atoms with Crippen molar-refractivity contribution in [2.45, 2.75) is 18.9 Å². The average Bonchev–Trinajstić information content (AvgIpc) is 3.28. The third-order valence-electron chi connectivity index (χ3n) is 3.97. The Balaban J connectivity index is 1.74. The summed E-state index contributed by atoms with van der Waals surface area (Å²) in [6.07, 6.45) is 7.52. The van der Waals surface area contributed by atoms with Gasteiger partial charge in [0.15, 0.2) is 0 Å². The van der Waals surface area contributed by atoms with Crippen molar-refractivity contribution >= 4 is 23.1 Å². The molecule has 1 N–H and O–H groups in total. The van der Waals surface area contributed by atoms with E-state index < -0.39 is 0 Å². The number of terminal acetylenes is 1. The number of anilines is 1. The summed E-state index contributed by atoms with van der Waals surface area (Å²) in [6, 6.07) is 11.7. The number of carbonyl (C=O) groups excluding carboxylic acids is 1. The molecular formula is C19H20N2O2S. The van der Waals surface area contributed by atoms with Gasteiger partial charge in [0.1, 0.15) is 0 Å². The molecule has 0 bridgehead atoms. The Morgan fingerprint density at radius 1 is 1.38 bits per heavy atom. The molecule has 0 saturated carbocycles. The van der Waals surface area contributed by atoms with Crippen LogP contribution in [0, 0.1) is 12.3 Å². The van der Waals surface area contributed by atoms with Gasteiger partial charge in [-0.2, -0.15) is 0 Å². The third-order valence-corrected chi connectivity index (χ3v) is 4.88. The summed E-state index contributed by atoms with van der Waals surface area (Å²) < 4.78 is 5.62. The number of thiophene rings is 1. The number of amides is 2. The number of ether oxygens (including phenoxy) is 1. The Morgan fingerprint density at radius 2 is 2.25 bits per heavy atom. The summed E-state index contributed by atoms with van der Waals surface area (Å²) in [4.78, 5) is 15.4. The molecule has 0 spiro atoms. The molecule has 1 fully saturated rings. The van der Waals surface area contributed by atoms with Gasteiger partial charge in [-0.3, -0.25) is 0 Å². The number of hydrogen-bond donors (Lipinski definition) is 1. The van der Waals surface area contributed by atoms with E-state index in [0.717, 1.165) is 35.6 Å². The largest absolute Gasteiger partial charge is 0.376 e. The number of benzene rings is 1. The van der Waals surface area contributed by atoms with Gasteiger partial charge in [0.25, 0.3) is 0 Å². The average molecular weight is 340 g/mol. The zero-order valence-corrected chi connectivity index (χ0v) is 14.2. The summed E-state index contributed by atoms with van der Waals surface area (Å²) in [7, 11) is 0. The minimum atomic E-state index is -0.188. The van der Waals surface area contributed by atoms with E-state index in [1.807, 2.05) is 41.8 Å². The Hall–Kier alpha value is -2.29. The van der Waals surface area contributed by atoms with Crippen LogP contribution in [-0.4, -0.2) is 36.7 Å². The molecule has 0 aliphatic carbocycles. The molecule has 5 heteroatoms. The van der Waals surface area contributed by atoms with Crippen molar-refractivity contribution in [3.63, 3.8) is 0 Å². The van der Waals surface area contributed by atoms with Crippen LogP contribution in [0.15, 0.2) is 41.8 Å². The Bertz CT molecular complexity index is 715. The van der Waals surface area contributed by atoms with E-state index in [4.69, 9.17) is 11.2 Å². The predicted octanol–water partition coefficient (Wildman–Crippen LogP) is 4.06. The maximum atomic E-state index is 12.7. The smallest absolute Gasteiger partial charge is 0.322 e. The molecule has 0 radical (unpaired) electrons. The van der Waals surface area contributed by atoms with Crippen molar-refractivity contribution in [3.8, 4) is 22.8 Å². The first-order valence-corrected chi connectivity index (χ1v) is 8.90. The van der Waals surface area contributed by atoms with Crippen LogP contribution < -0.4 is 5.32 Å². The molecule has 1 aliphatic rings. The number of urea groups is 1. The predicted molar refractivity (Wildman–Crippen MR) is 98.2 cm³/mol. The van der Waals surface area contributed by atoms with Gasteiger partial charge in [0.05, 0.1) is 18.3 Å². The summed E-state index contributed by atoms with van der Waals surface area (Å²) in [5.74, 6) is 2.56. The second-order valence-electron chi connectivity index (χ2n) is 5.67. The van der Waals surface area contributed by atoms with Gasteiger partial charge in [0, 0.05) is 23.6 Å². The van der Waals surface area contributed by atoms with Crippen molar-refractivity contribution in [2.75, 3.05) is 25.0 Å². The van der Waals surface area contributed by atoms with Crippen LogP contribution in [0.1, 0.15) is 12.8 Å². The van der Waals surface area contributed by atoms with Crippen LogP contribution in [0.3, 0.4) is 0 Å². The van der Waals surface area contributed by atoms with Crippen LogP contribution in [0.25, 0.3) is 10.4 Å². The highest BCUT2D eigenvalue weighted by Gasteiger charge is 2.22. The molecule has 24 heavy (non-hydrogen) atoms. The zero-order chi connectivity index (χ0) is 16.8. The summed E-state index contributed by atoms with van der Waals surface area (Å²) >= 11 is 1.64. The van der Waals surface area contributed by atoms with Crippen molar-refractivity contribution in [2.24, 2.45) is 0 Å². The standard InChI is InChI=1S/C19H20N2O2S/c1-2-11-21(14-15-7-5-12-23-15)19(22)20-17-9-4-3-8-16(17)18-10-6-13-24-18/h1,3-4,6,8-10,13,15H,5,7,11-12,14H2,(H,20,22)/t15-/m1/s1. The van der Waals surface area contributed by atoms with Gasteiger partial charge >= 0.3 is 6.03 Å². The van der Waals surface area contributed by atoms with E-state index in [2.05, 4.69) is 11.2 Å². The maximum absolute atomic E-state index is 12.7. The molecule has 2 aromatic rings. The van der Waals surface area contributed by atoms with Crippen LogP contribution in [0.4, 0.5) is 10.5 Å². The molecule has 4 nitrogen and oxygen atoms in total. The third kappa shape index (κ3) is 3.97. The quantitative estimate of drug-likeness (QED) is 0.834. The highest BCUT2D eigenvalue weighted by atomic mass is 32.1. The van der Waals surface area contributed by atoms with Gasteiger partial charge in [-0.15, -0.1) is 17.8 Å². The molecule has 1 aromatic carbocycles. The van der Waals surface area contributed by atoms with Gasteiger partial charge in [-0.1, -0.05) is 30.2 Å². The molecule has 1 atom stereocenters. The SMILES string of the molecule is C#CCN(C[C@H]1CCCO1)C(=O)Nc1ccccc1-c1cccs1. The fraction of sp³-hybridized carbons (Fsp3) is 0.316. The van der Waals surface area contributed by atoms with E-state index in [1.165, 1.54) is 0 Å². The lowest BCUT2D eigenvalue weighted by Crippen LogP contribution is -2.40. The van der Waals surface area contributed by atoms with Crippen LogP contribution >= 0.6 is 11.3 Å². The molecule has 1 aliphatic heterocycles. The Labute approximate surface area is 146 Å². The number of hydrogen-bond acceptors (Lipinski definition) is 3. The van der Waals surface area contributed by atoms with Crippen molar-refractivity contribution < 1.29 is 9.53 Å². The fourth-order valence-corrected chi connectivity index (χ4v) is 3.56. The van der Waals surface area contributed by atoms with Crippen LogP contribution in [-0.2, 0) is 4.74 Å². The van der Waals surface area contributed by atoms with Gasteiger partial charge in [-0.25, -0.2) is 4.79 Å². The zero-order valence-electron chi connectivity index (χ0n) is 13.4. The topological polar surface area (TPSA) is 41.6 Å². The lowest BCUT2D eigenvalue weighted by atomic mass is 10.1. The molecule has 2 amide bonds. The molecule has 1 saturated heterocycles. The van der Waals surface area contributed by atoms with E-state index >= 15 is 0 Å². The summed E-state index contributed by atoms with van der Waals surface area (Å²) in [5, 5.41) is 5.02. The second-order valence-corrected chi connectivity index (χ2v) is 6.62. The summed E-state index contributed by atoms with van der Waals surface area (Å²) in [6.45, 7) is 1.56. The van der Waals surface area contributed by atoms with Crippen LogP contribution in [0.2, 0.25) is 0 Å². The minimum Gasteiger partial charge on any atom is -0.376 e. The molecular weight excluding hydrogens is 320 g/mol. The minimum absolute atomic E-state index is 0.0802. The normalized spacial score (nSPS) is 16.5. The highest BCUT2D eigenvalue weighted by Crippen LogP contribution is 2.31. The van der Waals surface area contributed by atoms with Gasteiger partial charge in [-0.05, 0) is 30.4 Å². The number of carbonyl (C=O) groups is 1. The monoisotopic (exact) mass is 340 g/mol. The van der Waals surface area contributed by atoms with E-state index in [9.17, 15) is 4.79 Å². The van der Waals surface area contributed by atoms with Crippen LogP contribution in [0.5, 0.6) is 0 Å².